The van der Waals surface area contributed by atoms with Gasteiger partial charge in [-0.25, -0.2) is 0 Å². The second kappa shape index (κ2) is 4.86. The Bertz CT molecular complexity index is 349. The van der Waals surface area contributed by atoms with E-state index in [1.165, 1.54) is 0 Å². The summed E-state index contributed by atoms with van der Waals surface area (Å²) in [4.78, 5) is 0. The van der Waals surface area contributed by atoms with Crippen LogP contribution in [0, 0.1) is 5.92 Å². The van der Waals surface area contributed by atoms with E-state index in [2.05, 4.69) is 28.1 Å². The first-order chi connectivity index (χ1) is 7.58. The molecule has 1 aliphatic heterocycles. The van der Waals surface area contributed by atoms with Crippen molar-refractivity contribution in [3.05, 3.63) is 34.3 Å². The molecule has 16 heavy (non-hydrogen) atoms. The summed E-state index contributed by atoms with van der Waals surface area (Å²) in [5.74, 6) is 0.150. The molecule has 2 nitrogen and oxygen atoms in total. The van der Waals surface area contributed by atoms with Gasteiger partial charge in [0.15, 0.2) is 0 Å². The minimum absolute atomic E-state index is 0.00634. The highest BCUT2D eigenvalue weighted by Gasteiger charge is 2.33. The fourth-order valence-corrected chi connectivity index (χ4v) is 2.49. The van der Waals surface area contributed by atoms with Crippen LogP contribution in [0.4, 0.5) is 0 Å². The predicted octanol–water partition coefficient (Wildman–Crippen LogP) is 3.30. The number of halogens is 1. The van der Waals surface area contributed by atoms with Crippen LogP contribution in [0.3, 0.4) is 0 Å². The van der Waals surface area contributed by atoms with Crippen LogP contribution >= 0.6 is 15.9 Å². The molecule has 0 saturated carbocycles. The molecule has 1 N–H and O–H groups in total. The Morgan fingerprint density at radius 2 is 1.88 bits per heavy atom. The van der Waals surface area contributed by atoms with E-state index in [1.54, 1.807) is 0 Å². The maximum Gasteiger partial charge on any atom is 0.0878 e. The van der Waals surface area contributed by atoms with Crippen LogP contribution in [0.2, 0.25) is 0 Å². The van der Waals surface area contributed by atoms with Crippen LogP contribution in [-0.2, 0) is 4.74 Å². The molecule has 0 amide bonds. The zero-order valence-electron chi connectivity index (χ0n) is 9.56. The lowest BCUT2D eigenvalue weighted by molar-refractivity contribution is -0.126. The summed E-state index contributed by atoms with van der Waals surface area (Å²) in [6.45, 7) is 4.06. The van der Waals surface area contributed by atoms with E-state index in [4.69, 9.17) is 4.74 Å². The number of ether oxygens (including phenoxy) is 1. The third-order valence-electron chi connectivity index (χ3n) is 3.24. The zero-order valence-corrected chi connectivity index (χ0v) is 11.1. The van der Waals surface area contributed by atoms with Gasteiger partial charge in [0.2, 0.25) is 0 Å². The van der Waals surface area contributed by atoms with Gasteiger partial charge in [-0.05, 0) is 31.0 Å². The highest BCUT2D eigenvalue weighted by molar-refractivity contribution is 9.10. The van der Waals surface area contributed by atoms with Gasteiger partial charge < -0.3 is 9.84 Å². The number of rotatable bonds is 1. The molecule has 1 saturated heterocycles. The van der Waals surface area contributed by atoms with Crippen molar-refractivity contribution in [2.45, 2.75) is 38.6 Å². The number of aliphatic hydroxyl groups is 1. The van der Waals surface area contributed by atoms with Crippen molar-refractivity contribution in [1.29, 1.82) is 0 Å². The van der Waals surface area contributed by atoms with Gasteiger partial charge in [0, 0.05) is 10.4 Å². The van der Waals surface area contributed by atoms with Gasteiger partial charge in [0.1, 0.15) is 0 Å². The van der Waals surface area contributed by atoms with Crippen molar-refractivity contribution >= 4 is 15.9 Å². The summed E-state index contributed by atoms with van der Waals surface area (Å²) in [5, 5.41) is 9.95. The Balaban J connectivity index is 2.21. The van der Waals surface area contributed by atoms with Gasteiger partial charge in [-0.2, -0.15) is 0 Å². The highest BCUT2D eigenvalue weighted by atomic mass is 79.9. The second-order valence-electron chi connectivity index (χ2n) is 4.58. The molecule has 1 fully saturated rings. The fraction of sp³-hybridized carbons (Fsp3) is 0.538. The summed E-state index contributed by atoms with van der Waals surface area (Å²) >= 11 is 3.42. The fourth-order valence-electron chi connectivity index (χ4n) is 2.22. The Labute approximate surface area is 105 Å². The summed E-state index contributed by atoms with van der Waals surface area (Å²) in [6, 6.07) is 8.13. The van der Waals surface area contributed by atoms with Crippen molar-refractivity contribution in [3.8, 4) is 0 Å². The van der Waals surface area contributed by atoms with E-state index in [0.717, 1.165) is 16.5 Å². The van der Waals surface area contributed by atoms with Crippen molar-refractivity contribution in [2.75, 3.05) is 0 Å². The van der Waals surface area contributed by atoms with Gasteiger partial charge in [0.05, 0.1) is 18.3 Å². The molecule has 88 valence electrons. The van der Waals surface area contributed by atoms with Crippen molar-refractivity contribution in [3.63, 3.8) is 0 Å². The topological polar surface area (TPSA) is 29.5 Å². The van der Waals surface area contributed by atoms with E-state index in [0.29, 0.717) is 0 Å². The molecule has 0 spiro atoms. The molecule has 1 heterocycles. The third kappa shape index (κ3) is 2.47. The minimum atomic E-state index is -0.266. The van der Waals surface area contributed by atoms with Crippen LogP contribution in [0.25, 0.3) is 0 Å². The van der Waals surface area contributed by atoms with Crippen molar-refractivity contribution < 1.29 is 9.84 Å². The second-order valence-corrected chi connectivity index (χ2v) is 5.50. The lowest BCUT2D eigenvalue weighted by atomic mass is 9.87. The summed E-state index contributed by atoms with van der Waals surface area (Å²) in [5.41, 5.74) is 1.14. The van der Waals surface area contributed by atoms with Crippen LogP contribution in [0.5, 0.6) is 0 Å². The molecule has 2 rings (SSSR count). The Morgan fingerprint density at radius 1 is 1.25 bits per heavy atom. The van der Waals surface area contributed by atoms with E-state index in [9.17, 15) is 5.11 Å². The smallest absolute Gasteiger partial charge is 0.0878 e. The van der Waals surface area contributed by atoms with Crippen LogP contribution < -0.4 is 0 Å². The molecule has 4 atom stereocenters. The first-order valence-corrected chi connectivity index (χ1v) is 6.46. The van der Waals surface area contributed by atoms with Crippen molar-refractivity contribution in [1.82, 2.24) is 0 Å². The molecule has 0 radical (unpaired) electrons. The normalized spacial score (nSPS) is 35.0. The number of hydrogen-bond donors (Lipinski definition) is 1. The number of hydrogen-bond acceptors (Lipinski definition) is 2. The van der Waals surface area contributed by atoms with E-state index < -0.39 is 0 Å². The molecule has 0 unspecified atom stereocenters. The van der Waals surface area contributed by atoms with Gasteiger partial charge in [-0.3, -0.25) is 0 Å². The molecule has 1 aromatic carbocycles. The highest BCUT2D eigenvalue weighted by Crippen LogP contribution is 2.36. The van der Waals surface area contributed by atoms with Crippen LogP contribution in [0.15, 0.2) is 28.7 Å². The van der Waals surface area contributed by atoms with Crippen LogP contribution in [0.1, 0.15) is 31.9 Å². The first-order valence-electron chi connectivity index (χ1n) is 5.67. The maximum absolute atomic E-state index is 9.95. The largest absolute Gasteiger partial charge is 0.393 e. The monoisotopic (exact) mass is 284 g/mol. The molecule has 3 heteroatoms. The molecule has 1 aliphatic rings. The summed E-state index contributed by atoms with van der Waals surface area (Å²) in [6.07, 6.45) is 0.595. The quantitative estimate of drug-likeness (QED) is 0.858. The summed E-state index contributed by atoms with van der Waals surface area (Å²) in [7, 11) is 0. The van der Waals surface area contributed by atoms with E-state index >= 15 is 0 Å². The molecular weight excluding hydrogens is 268 g/mol. The maximum atomic E-state index is 9.95. The molecule has 1 aromatic rings. The van der Waals surface area contributed by atoms with Gasteiger partial charge in [0.25, 0.3) is 0 Å². The van der Waals surface area contributed by atoms with E-state index in [-0.39, 0.29) is 24.2 Å². The molecule has 0 aliphatic carbocycles. The third-order valence-corrected chi connectivity index (χ3v) is 3.76. The lowest BCUT2D eigenvalue weighted by Crippen LogP contribution is -2.36. The molecular formula is C13H17BrO2. The predicted molar refractivity (Wildman–Crippen MR) is 67.2 cm³/mol. The van der Waals surface area contributed by atoms with E-state index in [1.807, 2.05) is 26.0 Å². The molecule has 0 aromatic heterocycles. The minimum Gasteiger partial charge on any atom is -0.393 e. The number of benzene rings is 1. The lowest BCUT2D eigenvalue weighted by Gasteiger charge is -2.37. The van der Waals surface area contributed by atoms with Crippen molar-refractivity contribution in [2.24, 2.45) is 5.92 Å². The average Bonchev–Trinajstić information content (AvgIpc) is 2.25. The zero-order chi connectivity index (χ0) is 11.7. The molecule has 0 bridgehead atoms. The SMILES string of the molecule is C[C@H]1[C@@H](O)C[C@@H](C)O[C@H]1c1ccc(Br)cc1. The Hall–Kier alpha value is -0.380. The van der Waals surface area contributed by atoms with Crippen LogP contribution in [-0.4, -0.2) is 17.3 Å². The van der Waals surface area contributed by atoms with Gasteiger partial charge in [-0.1, -0.05) is 35.0 Å². The summed E-state index contributed by atoms with van der Waals surface area (Å²) < 4.78 is 6.98. The van der Waals surface area contributed by atoms with Gasteiger partial charge in [-0.15, -0.1) is 0 Å². The average molecular weight is 285 g/mol. The van der Waals surface area contributed by atoms with Gasteiger partial charge >= 0.3 is 0 Å². The Morgan fingerprint density at radius 3 is 2.50 bits per heavy atom. The standard InChI is InChI=1S/C13H17BrO2/c1-8-7-12(15)9(2)13(16-8)10-3-5-11(14)6-4-10/h3-6,8-9,12-13,15H,7H2,1-2H3/t8-,9+,12+,13-/m1/s1. The Kier molecular flexibility index (Phi) is 3.67. The number of aliphatic hydroxyl groups excluding tert-OH is 1. The first kappa shape index (κ1) is 12.1.